The predicted octanol–water partition coefficient (Wildman–Crippen LogP) is 0.584. The molecule has 1 N–H and O–H groups in total. The summed E-state index contributed by atoms with van der Waals surface area (Å²) >= 11 is 0. The number of hydrogen-bond acceptors (Lipinski definition) is 3. The second-order valence-corrected chi connectivity index (χ2v) is 4.89. The Hall–Kier alpha value is -0.0900. The van der Waals surface area contributed by atoms with Crippen molar-refractivity contribution in [3.8, 4) is 0 Å². The van der Waals surface area contributed by atoms with E-state index in [2.05, 4.69) is 0 Å². The van der Waals surface area contributed by atoms with Gasteiger partial charge in [-0.15, -0.1) is 0 Å². The van der Waals surface area contributed by atoms with Crippen LogP contribution in [0, 0.1) is 0 Å². The van der Waals surface area contributed by atoms with E-state index in [1.807, 2.05) is 6.92 Å². The monoisotopic (exact) mass is 180 g/mol. The minimum atomic E-state index is -2.87. The lowest BCUT2D eigenvalue weighted by Gasteiger charge is -2.00. The number of sulfone groups is 1. The van der Waals surface area contributed by atoms with Crippen molar-refractivity contribution in [2.45, 2.75) is 26.2 Å². The molecule has 0 atom stereocenters. The SMILES string of the molecule is CCCCS(=O)(=O)CCCO. The summed E-state index contributed by atoms with van der Waals surface area (Å²) < 4.78 is 22.1. The standard InChI is InChI=1S/C7H16O3S/c1-2-3-6-11(9,10)7-4-5-8/h8H,2-7H2,1H3. The third kappa shape index (κ3) is 6.31. The average Bonchev–Trinajstić information content (AvgIpc) is 1.97. The summed E-state index contributed by atoms with van der Waals surface area (Å²) in [5.74, 6) is 0.396. The van der Waals surface area contributed by atoms with Gasteiger partial charge in [0.1, 0.15) is 9.84 Å². The lowest BCUT2D eigenvalue weighted by atomic mass is 10.4. The summed E-state index contributed by atoms with van der Waals surface area (Å²) in [6.07, 6.45) is 2.00. The van der Waals surface area contributed by atoms with Crippen molar-refractivity contribution in [1.29, 1.82) is 0 Å². The fraction of sp³-hybridized carbons (Fsp3) is 1.00. The normalized spacial score (nSPS) is 11.8. The van der Waals surface area contributed by atoms with Gasteiger partial charge in [-0.2, -0.15) is 0 Å². The molecule has 0 aliphatic rings. The fourth-order valence-corrected chi connectivity index (χ4v) is 2.25. The summed E-state index contributed by atoms with van der Waals surface area (Å²) in [6.45, 7) is 1.92. The number of rotatable bonds is 6. The molecule has 0 aliphatic carbocycles. The van der Waals surface area contributed by atoms with Crippen molar-refractivity contribution in [1.82, 2.24) is 0 Å². The van der Waals surface area contributed by atoms with Crippen molar-refractivity contribution in [3.63, 3.8) is 0 Å². The molecular formula is C7H16O3S. The summed E-state index contributed by atoms with van der Waals surface area (Å²) in [4.78, 5) is 0. The first-order valence-electron chi connectivity index (χ1n) is 3.93. The van der Waals surface area contributed by atoms with Gasteiger partial charge in [0.15, 0.2) is 0 Å². The van der Waals surface area contributed by atoms with E-state index in [9.17, 15) is 8.42 Å². The third-order valence-corrected chi connectivity index (χ3v) is 3.24. The smallest absolute Gasteiger partial charge is 0.150 e. The predicted molar refractivity (Wildman–Crippen MR) is 45.3 cm³/mol. The zero-order valence-electron chi connectivity index (χ0n) is 6.91. The van der Waals surface area contributed by atoms with Crippen LogP contribution in [-0.4, -0.2) is 31.6 Å². The van der Waals surface area contributed by atoms with Crippen LogP contribution in [0.3, 0.4) is 0 Å². The molecule has 0 amide bonds. The van der Waals surface area contributed by atoms with Crippen LogP contribution < -0.4 is 0 Å². The van der Waals surface area contributed by atoms with Crippen molar-refractivity contribution in [2.75, 3.05) is 18.1 Å². The van der Waals surface area contributed by atoms with Crippen LogP contribution in [0.5, 0.6) is 0 Å². The van der Waals surface area contributed by atoms with Gasteiger partial charge in [-0.05, 0) is 12.8 Å². The van der Waals surface area contributed by atoms with Crippen molar-refractivity contribution in [3.05, 3.63) is 0 Å². The van der Waals surface area contributed by atoms with E-state index in [0.29, 0.717) is 6.42 Å². The highest BCUT2D eigenvalue weighted by Crippen LogP contribution is 1.98. The summed E-state index contributed by atoms with van der Waals surface area (Å²) in [7, 11) is -2.87. The first-order valence-corrected chi connectivity index (χ1v) is 5.76. The second-order valence-electron chi connectivity index (χ2n) is 2.58. The number of aliphatic hydroxyl groups is 1. The first kappa shape index (κ1) is 10.9. The topological polar surface area (TPSA) is 54.4 Å². The zero-order valence-corrected chi connectivity index (χ0v) is 7.73. The van der Waals surface area contributed by atoms with E-state index in [4.69, 9.17) is 5.11 Å². The van der Waals surface area contributed by atoms with E-state index in [0.717, 1.165) is 12.8 Å². The molecule has 0 saturated heterocycles. The molecule has 0 unspecified atom stereocenters. The van der Waals surface area contributed by atoms with Gasteiger partial charge in [-0.25, -0.2) is 8.42 Å². The summed E-state index contributed by atoms with van der Waals surface area (Å²) in [5, 5.41) is 8.39. The molecule has 3 nitrogen and oxygen atoms in total. The van der Waals surface area contributed by atoms with Gasteiger partial charge in [0.25, 0.3) is 0 Å². The van der Waals surface area contributed by atoms with Gasteiger partial charge in [0.2, 0.25) is 0 Å². The first-order chi connectivity index (χ1) is 5.12. The molecule has 0 aromatic heterocycles. The highest BCUT2D eigenvalue weighted by molar-refractivity contribution is 7.91. The largest absolute Gasteiger partial charge is 0.396 e. The Morgan fingerprint density at radius 2 is 1.73 bits per heavy atom. The molecule has 68 valence electrons. The third-order valence-electron chi connectivity index (χ3n) is 1.42. The molecule has 0 radical (unpaired) electrons. The van der Waals surface area contributed by atoms with E-state index in [1.54, 1.807) is 0 Å². The van der Waals surface area contributed by atoms with E-state index in [1.165, 1.54) is 0 Å². The number of hydrogen-bond donors (Lipinski definition) is 1. The molecule has 0 aromatic carbocycles. The molecule has 0 spiro atoms. The van der Waals surface area contributed by atoms with Crippen molar-refractivity contribution >= 4 is 9.84 Å². The van der Waals surface area contributed by atoms with Gasteiger partial charge in [-0.3, -0.25) is 0 Å². The van der Waals surface area contributed by atoms with Crippen LogP contribution in [0.15, 0.2) is 0 Å². The summed E-state index contributed by atoms with van der Waals surface area (Å²) in [6, 6.07) is 0. The van der Waals surface area contributed by atoms with E-state index < -0.39 is 9.84 Å². The Morgan fingerprint density at radius 1 is 1.18 bits per heavy atom. The Bertz CT molecular complexity index is 158. The number of unbranched alkanes of at least 4 members (excludes halogenated alkanes) is 1. The van der Waals surface area contributed by atoms with Crippen LogP contribution in [0.1, 0.15) is 26.2 Å². The lowest BCUT2D eigenvalue weighted by molar-refractivity contribution is 0.295. The quantitative estimate of drug-likeness (QED) is 0.650. The number of aliphatic hydroxyl groups excluding tert-OH is 1. The zero-order chi connectivity index (χ0) is 8.74. The highest BCUT2D eigenvalue weighted by atomic mass is 32.2. The van der Waals surface area contributed by atoms with Crippen LogP contribution in [0.2, 0.25) is 0 Å². The molecule has 0 aliphatic heterocycles. The average molecular weight is 180 g/mol. The van der Waals surface area contributed by atoms with Gasteiger partial charge < -0.3 is 5.11 Å². The van der Waals surface area contributed by atoms with Crippen LogP contribution in [-0.2, 0) is 9.84 Å². The lowest BCUT2D eigenvalue weighted by Crippen LogP contribution is -2.11. The van der Waals surface area contributed by atoms with Crippen LogP contribution >= 0.6 is 0 Å². The van der Waals surface area contributed by atoms with Gasteiger partial charge in [-0.1, -0.05) is 13.3 Å². The fourth-order valence-electron chi connectivity index (χ4n) is 0.751. The molecule has 0 heterocycles. The Kier molecular flexibility index (Phi) is 5.50. The van der Waals surface area contributed by atoms with Gasteiger partial charge in [0.05, 0.1) is 11.5 Å². The van der Waals surface area contributed by atoms with Gasteiger partial charge >= 0.3 is 0 Å². The summed E-state index contributed by atoms with van der Waals surface area (Å²) in [5.41, 5.74) is 0. The minimum Gasteiger partial charge on any atom is -0.396 e. The Balaban J connectivity index is 3.63. The highest BCUT2D eigenvalue weighted by Gasteiger charge is 2.08. The molecule has 0 fully saturated rings. The molecular weight excluding hydrogens is 164 g/mol. The molecule has 0 bridgehead atoms. The molecule has 11 heavy (non-hydrogen) atoms. The van der Waals surface area contributed by atoms with Gasteiger partial charge in [0, 0.05) is 6.61 Å². The molecule has 0 saturated carbocycles. The van der Waals surface area contributed by atoms with Crippen molar-refractivity contribution < 1.29 is 13.5 Å². The molecule has 0 aromatic rings. The van der Waals surface area contributed by atoms with Crippen LogP contribution in [0.25, 0.3) is 0 Å². The van der Waals surface area contributed by atoms with Crippen molar-refractivity contribution in [2.24, 2.45) is 0 Å². The molecule has 4 heteroatoms. The maximum Gasteiger partial charge on any atom is 0.150 e. The molecule has 0 rings (SSSR count). The maximum atomic E-state index is 11.0. The van der Waals surface area contributed by atoms with E-state index in [-0.39, 0.29) is 18.1 Å². The second kappa shape index (κ2) is 5.55. The Labute approximate surface area is 68.3 Å². The minimum absolute atomic E-state index is 0.0364. The Morgan fingerprint density at radius 3 is 2.18 bits per heavy atom. The van der Waals surface area contributed by atoms with Crippen LogP contribution in [0.4, 0.5) is 0 Å². The van der Waals surface area contributed by atoms with E-state index >= 15 is 0 Å². The maximum absolute atomic E-state index is 11.0.